The van der Waals surface area contributed by atoms with Crippen LogP contribution in [0.5, 0.6) is 11.5 Å². The second-order valence-electron chi connectivity index (χ2n) is 6.73. The van der Waals surface area contributed by atoms with Gasteiger partial charge in [-0.3, -0.25) is 14.9 Å². The first-order chi connectivity index (χ1) is 16.3. The summed E-state index contributed by atoms with van der Waals surface area (Å²) in [6, 6.07) is 18.0. The van der Waals surface area contributed by atoms with Gasteiger partial charge in [-0.2, -0.15) is 5.26 Å². The van der Waals surface area contributed by atoms with Crippen molar-refractivity contribution in [3.8, 4) is 17.6 Å². The summed E-state index contributed by atoms with van der Waals surface area (Å²) in [5.41, 5.74) is -0.101. The number of ether oxygens (including phenoxy) is 2. The number of hydrogen-bond donors (Lipinski definition) is 1. The Bertz CT molecular complexity index is 1330. The maximum atomic E-state index is 12.6. The van der Waals surface area contributed by atoms with E-state index < -0.39 is 16.8 Å². The van der Waals surface area contributed by atoms with Crippen LogP contribution in [0, 0.1) is 21.4 Å². The number of anilines is 1. The van der Waals surface area contributed by atoms with Crippen LogP contribution in [0.3, 0.4) is 0 Å². The van der Waals surface area contributed by atoms with Gasteiger partial charge in [0.1, 0.15) is 28.8 Å². The van der Waals surface area contributed by atoms with Crippen molar-refractivity contribution in [3.63, 3.8) is 0 Å². The molecule has 0 fully saturated rings. The zero-order valence-corrected chi connectivity index (χ0v) is 18.4. The maximum Gasteiger partial charge on any atom is 0.343 e. The van der Waals surface area contributed by atoms with Gasteiger partial charge in [0.15, 0.2) is 0 Å². The number of nitro benzene ring substituents is 1. The third-order valence-corrected chi connectivity index (χ3v) is 4.73. The number of nitrogens with one attached hydrogen (secondary N) is 1. The zero-order valence-electron chi connectivity index (χ0n) is 17.7. The lowest BCUT2D eigenvalue weighted by Gasteiger charge is -2.08. The van der Waals surface area contributed by atoms with E-state index in [2.05, 4.69) is 5.32 Å². The predicted molar refractivity (Wildman–Crippen MR) is 125 cm³/mol. The SMILES string of the molecule is COc1ccc(NC(=O)C(C#N)=Cc2cccc(OC(=O)c3ccc(Cl)cc3)c2)c([N+](=O)[O-])c1. The Balaban J connectivity index is 1.80. The average Bonchev–Trinajstić information content (AvgIpc) is 2.83. The van der Waals surface area contributed by atoms with Crippen LogP contribution in [0.1, 0.15) is 15.9 Å². The van der Waals surface area contributed by atoms with Crippen LogP contribution in [0.25, 0.3) is 6.08 Å². The van der Waals surface area contributed by atoms with E-state index in [-0.39, 0.29) is 28.4 Å². The average molecular weight is 478 g/mol. The first-order valence-electron chi connectivity index (χ1n) is 9.64. The highest BCUT2D eigenvalue weighted by Crippen LogP contribution is 2.29. The van der Waals surface area contributed by atoms with Gasteiger partial charge in [0.25, 0.3) is 11.6 Å². The van der Waals surface area contributed by atoms with Crippen molar-refractivity contribution in [2.45, 2.75) is 0 Å². The van der Waals surface area contributed by atoms with Crippen LogP contribution >= 0.6 is 11.6 Å². The largest absolute Gasteiger partial charge is 0.496 e. The Morgan fingerprint density at radius 2 is 1.82 bits per heavy atom. The van der Waals surface area contributed by atoms with Crippen molar-refractivity contribution in [2.24, 2.45) is 0 Å². The van der Waals surface area contributed by atoms with Crippen LogP contribution < -0.4 is 14.8 Å². The molecule has 0 aliphatic carbocycles. The monoisotopic (exact) mass is 477 g/mol. The van der Waals surface area contributed by atoms with Crippen LogP contribution in [-0.2, 0) is 4.79 Å². The number of benzene rings is 3. The van der Waals surface area contributed by atoms with Crippen molar-refractivity contribution in [2.75, 3.05) is 12.4 Å². The quantitative estimate of drug-likeness (QED) is 0.126. The number of carbonyl (C=O) groups is 2. The fourth-order valence-corrected chi connectivity index (χ4v) is 2.95. The normalized spacial score (nSPS) is 10.7. The van der Waals surface area contributed by atoms with Gasteiger partial charge in [-0.05, 0) is 60.2 Å². The first kappa shape index (κ1) is 24.0. The second kappa shape index (κ2) is 10.8. The summed E-state index contributed by atoms with van der Waals surface area (Å²) in [7, 11) is 1.36. The standard InChI is InChI=1S/C24H16ClN3O6/c1-33-19-9-10-21(22(13-19)28(31)32)27-23(29)17(14-26)11-15-3-2-4-20(12-15)34-24(30)16-5-7-18(25)8-6-16/h2-13H,1H3,(H,27,29). The number of methoxy groups -OCH3 is 1. The molecule has 3 aromatic carbocycles. The highest BCUT2D eigenvalue weighted by molar-refractivity contribution is 6.30. The van der Waals surface area contributed by atoms with Crippen molar-refractivity contribution in [3.05, 3.63) is 98.6 Å². The van der Waals surface area contributed by atoms with E-state index in [1.807, 2.05) is 0 Å². The van der Waals surface area contributed by atoms with E-state index in [4.69, 9.17) is 21.1 Å². The van der Waals surface area contributed by atoms with E-state index in [9.17, 15) is 25.0 Å². The third-order valence-electron chi connectivity index (χ3n) is 4.47. The first-order valence-corrected chi connectivity index (χ1v) is 10.0. The van der Waals surface area contributed by atoms with E-state index >= 15 is 0 Å². The van der Waals surface area contributed by atoms with Crippen LogP contribution in [0.4, 0.5) is 11.4 Å². The summed E-state index contributed by atoms with van der Waals surface area (Å²) in [4.78, 5) is 35.5. The minimum atomic E-state index is -0.848. The van der Waals surface area contributed by atoms with Crippen molar-refractivity contribution < 1.29 is 24.0 Å². The van der Waals surface area contributed by atoms with Crippen LogP contribution in [-0.4, -0.2) is 23.9 Å². The molecule has 0 atom stereocenters. The molecular formula is C24H16ClN3O6. The number of carbonyl (C=O) groups excluding carboxylic acids is 2. The van der Waals surface area contributed by atoms with Gasteiger partial charge in [-0.15, -0.1) is 0 Å². The number of nitrogens with zero attached hydrogens (tertiary/aromatic N) is 2. The lowest BCUT2D eigenvalue weighted by Crippen LogP contribution is -2.14. The van der Waals surface area contributed by atoms with Gasteiger partial charge < -0.3 is 14.8 Å². The molecule has 0 saturated heterocycles. The fourth-order valence-electron chi connectivity index (χ4n) is 2.82. The Morgan fingerprint density at radius 1 is 1.09 bits per heavy atom. The molecule has 0 saturated carbocycles. The molecule has 0 bridgehead atoms. The molecule has 0 radical (unpaired) electrons. The van der Waals surface area contributed by atoms with Gasteiger partial charge in [-0.25, -0.2) is 4.79 Å². The molecule has 3 rings (SSSR count). The molecule has 0 aliphatic rings. The van der Waals surface area contributed by atoms with Crippen LogP contribution in [0.15, 0.2) is 72.3 Å². The summed E-state index contributed by atoms with van der Waals surface area (Å²) in [6.45, 7) is 0. The molecular weight excluding hydrogens is 462 g/mol. The smallest absolute Gasteiger partial charge is 0.343 e. The van der Waals surface area contributed by atoms with Crippen molar-refractivity contribution in [1.29, 1.82) is 5.26 Å². The van der Waals surface area contributed by atoms with E-state index in [0.29, 0.717) is 16.1 Å². The van der Waals surface area contributed by atoms with Crippen LogP contribution in [0.2, 0.25) is 5.02 Å². The lowest BCUT2D eigenvalue weighted by atomic mass is 10.1. The van der Waals surface area contributed by atoms with E-state index in [1.54, 1.807) is 30.3 Å². The van der Waals surface area contributed by atoms with Crippen molar-refractivity contribution in [1.82, 2.24) is 0 Å². The topological polar surface area (TPSA) is 132 Å². The van der Waals surface area contributed by atoms with Gasteiger partial charge in [-0.1, -0.05) is 23.7 Å². The molecule has 0 heterocycles. The molecule has 170 valence electrons. The zero-order chi connectivity index (χ0) is 24.7. The maximum absolute atomic E-state index is 12.6. The molecule has 0 aromatic heterocycles. The number of nitro groups is 1. The second-order valence-corrected chi connectivity index (χ2v) is 7.17. The highest BCUT2D eigenvalue weighted by atomic mass is 35.5. The molecule has 0 spiro atoms. The number of nitriles is 1. The van der Waals surface area contributed by atoms with Gasteiger partial charge in [0.05, 0.1) is 23.7 Å². The Kier molecular flexibility index (Phi) is 7.59. The molecule has 1 amide bonds. The number of halogens is 1. The number of amides is 1. The highest BCUT2D eigenvalue weighted by Gasteiger charge is 2.19. The van der Waals surface area contributed by atoms with Gasteiger partial charge in [0, 0.05) is 5.02 Å². The molecule has 10 heteroatoms. The van der Waals surface area contributed by atoms with Gasteiger partial charge in [0.2, 0.25) is 0 Å². The Labute approximate surface area is 198 Å². The predicted octanol–water partition coefficient (Wildman–Crippen LogP) is 5.02. The summed E-state index contributed by atoms with van der Waals surface area (Å²) in [5.74, 6) is -1.02. The van der Waals surface area contributed by atoms with Crippen molar-refractivity contribution >= 4 is 40.9 Å². The summed E-state index contributed by atoms with van der Waals surface area (Å²) < 4.78 is 10.3. The minimum absolute atomic E-state index is 0.0948. The van der Waals surface area contributed by atoms with Gasteiger partial charge >= 0.3 is 5.97 Å². The minimum Gasteiger partial charge on any atom is -0.496 e. The Morgan fingerprint density at radius 3 is 2.47 bits per heavy atom. The summed E-state index contributed by atoms with van der Waals surface area (Å²) in [6.07, 6.45) is 1.27. The molecule has 0 aliphatic heterocycles. The third kappa shape index (κ3) is 5.97. The summed E-state index contributed by atoms with van der Waals surface area (Å²) >= 11 is 5.82. The number of esters is 1. The molecule has 0 unspecified atom stereocenters. The molecule has 1 N–H and O–H groups in total. The Hall–Kier alpha value is -4.68. The van der Waals surface area contributed by atoms with E-state index in [0.717, 1.165) is 6.07 Å². The molecule has 3 aromatic rings. The summed E-state index contributed by atoms with van der Waals surface area (Å²) in [5, 5.41) is 23.6. The fraction of sp³-hybridized carbons (Fsp3) is 0.0417. The number of hydrogen-bond acceptors (Lipinski definition) is 7. The number of rotatable bonds is 7. The van der Waals surface area contributed by atoms with E-state index in [1.165, 1.54) is 49.6 Å². The lowest BCUT2D eigenvalue weighted by molar-refractivity contribution is -0.384. The molecule has 34 heavy (non-hydrogen) atoms. The molecule has 9 nitrogen and oxygen atoms in total.